The topological polar surface area (TPSA) is 37.3 Å². The van der Waals surface area contributed by atoms with Gasteiger partial charge in [0.05, 0.1) is 10.6 Å². The van der Waals surface area contributed by atoms with Gasteiger partial charge in [0, 0.05) is 12.2 Å². The van der Waals surface area contributed by atoms with Crippen molar-refractivity contribution in [2.45, 2.75) is 11.8 Å². The smallest absolute Gasteiger partial charge is 0.337 e. The lowest BCUT2D eigenvalue weighted by atomic mass is 10.0. The van der Waals surface area contributed by atoms with Gasteiger partial charge in [-0.05, 0) is 0 Å². The van der Waals surface area contributed by atoms with Gasteiger partial charge in [-0.15, -0.1) is 0 Å². The summed E-state index contributed by atoms with van der Waals surface area (Å²) in [6.45, 7) is 0. The number of rotatable bonds is 1. The van der Waals surface area contributed by atoms with Crippen LogP contribution in [0.1, 0.15) is 0 Å². The van der Waals surface area contributed by atoms with E-state index in [4.69, 9.17) is 16.7 Å². The van der Waals surface area contributed by atoms with Crippen LogP contribution in [-0.4, -0.2) is 22.9 Å². The van der Waals surface area contributed by atoms with E-state index in [0.29, 0.717) is 0 Å². The van der Waals surface area contributed by atoms with Crippen LogP contribution in [0, 0.1) is 0 Å². The predicted octanol–water partition coefficient (Wildman–Crippen LogP) is 2.40. The minimum atomic E-state index is -4.53. The van der Waals surface area contributed by atoms with Gasteiger partial charge in [0.2, 0.25) is 0 Å². The van der Waals surface area contributed by atoms with Crippen LogP contribution in [0.15, 0.2) is 22.8 Å². The normalized spacial score (nSPS) is 23.8. The number of allylic oxidation sites excluding steroid dienone is 2. The van der Waals surface area contributed by atoms with Gasteiger partial charge in [-0.3, -0.25) is 0 Å². The Kier molecular flexibility index (Phi) is 2.35. The summed E-state index contributed by atoms with van der Waals surface area (Å²) in [5, 5.41) is 7.44. The first-order valence-corrected chi connectivity index (χ1v) is 3.66. The molecule has 14 heavy (non-hydrogen) atoms. The molecule has 0 aromatic rings. The number of carboxylic acid groups (broad SMARTS) is 1. The van der Waals surface area contributed by atoms with E-state index in [1.165, 1.54) is 0 Å². The van der Waals surface area contributed by atoms with Gasteiger partial charge >= 0.3 is 17.8 Å². The Hall–Kier alpha value is -1.04. The summed E-state index contributed by atoms with van der Waals surface area (Å²) in [4.78, 5) is 10.3. The van der Waals surface area contributed by atoms with E-state index in [0.717, 1.165) is 0 Å². The summed E-state index contributed by atoms with van der Waals surface area (Å²) in [6, 6.07) is 0. The van der Waals surface area contributed by atoms with Gasteiger partial charge in [-0.1, -0.05) is 11.6 Å². The highest BCUT2D eigenvalue weighted by molar-refractivity contribution is 6.35. The van der Waals surface area contributed by atoms with Crippen LogP contribution in [0.25, 0.3) is 0 Å². The molecule has 78 valence electrons. The first-order chi connectivity index (χ1) is 6.17. The molecule has 2 nitrogen and oxygen atoms in total. The number of hydrogen-bond donors (Lipinski definition) is 1. The van der Waals surface area contributed by atoms with Crippen molar-refractivity contribution in [1.82, 2.24) is 0 Å². The zero-order valence-corrected chi connectivity index (χ0v) is 7.16. The molecule has 1 N–H and O–H groups in total. The van der Waals surface area contributed by atoms with Crippen LogP contribution in [0.2, 0.25) is 0 Å². The average Bonchev–Trinajstić information content (AvgIpc) is 1.96. The molecular weight excluding hydrogens is 228 g/mol. The Morgan fingerprint density at radius 3 is 2.07 bits per heavy atom. The Labute approximate surface area is 80.5 Å². The molecule has 0 aromatic heterocycles. The Balaban J connectivity index is 3.24. The molecule has 0 spiro atoms. The van der Waals surface area contributed by atoms with Crippen LogP contribution in [-0.2, 0) is 4.79 Å². The summed E-state index contributed by atoms with van der Waals surface area (Å²) in [7, 11) is 0. The Morgan fingerprint density at radius 2 is 1.64 bits per heavy atom. The van der Waals surface area contributed by atoms with Crippen molar-refractivity contribution >= 4 is 17.6 Å². The second kappa shape index (κ2) is 2.98. The highest BCUT2D eigenvalue weighted by Gasteiger charge is 2.56. The van der Waals surface area contributed by atoms with E-state index < -0.39 is 28.4 Å². The van der Waals surface area contributed by atoms with Gasteiger partial charge in [0.25, 0.3) is 0 Å². The second-order valence-corrected chi connectivity index (χ2v) is 3.01. The SMILES string of the molecule is O=C(O)C1=CC(F)(F)C(F)(F)C=C1Cl. The van der Waals surface area contributed by atoms with Gasteiger partial charge in [0.15, 0.2) is 0 Å². The zero-order valence-electron chi connectivity index (χ0n) is 6.40. The number of alkyl halides is 4. The van der Waals surface area contributed by atoms with Crippen molar-refractivity contribution in [2.24, 2.45) is 0 Å². The molecule has 1 aliphatic rings. The van der Waals surface area contributed by atoms with Crippen molar-refractivity contribution in [2.75, 3.05) is 0 Å². The second-order valence-electron chi connectivity index (χ2n) is 2.60. The molecule has 0 bridgehead atoms. The lowest BCUT2D eigenvalue weighted by Gasteiger charge is -2.25. The number of halogens is 5. The molecule has 1 rings (SSSR count). The fourth-order valence-electron chi connectivity index (χ4n) is 0.843. The molecule has 0 heterocycles. The standard InChI is InChI=1S/C7H3ClF4O2/c8-4-2-7(11,12)6(9,10)1-3(4)5(13)14/h1-2H,(H,13,14). The van der Waals surface area contributed by atoms with Crippen molar-refractivity contribution in [3.63, 3.8) is 0 Å². The first-order valence-electron chi connectivity index (χ1n) is 3.28. The number of carbonyl (C=O) groups is 1. The minimum absolute atomic E-state index is 0.266. The molecular formula is C7H3ClF4O2. The van der Waals surface area contributed by atoms with E-state index in [-0.39, 0.29) is 12.2 Å². The lowest BCUT2D eigenvalue weighted by Crippen LogP contribution is -2.40. The molecule has 0 radical (unpaired) electrons. The van der Waals surface area contributed by atoms with Crippen LogP contribution in [0.4, 0.5) is 17.6 Å². The highest BCUT2D eigenvalue weighted by Crippen LogP contribution is 2.43. The summed E-state index contributed by atoms with van der Waals surface area (Å²) in [5.74, 6) is -10.8. The molecule has 0 aromatic carbocycles. The molecule has 0 saturated carbocycles. The molecule has 0 unspecified atom stereocenters. The summed E-state index contributed by atoms with van der Waals surface area (Å²) in [5.41, 5.74) is -1.03. The third kappa shape index (κ3) is 1.61. The van der Waals surface area contributed by atoms with E-state index >= 15 is 0 Å². The van der Waals surface area contributed by atoms with E-state index in [1.807, 2.05) is 0 Å². The third-order valence-electron chi connectivity index (χ3n) is 1.57. The summed E-state index contributed by atoms with van der Waals surface area (Å²) >= 11 is 5.09. The van der Waals surface area contributed by atoms with Crippen LogP contribution in [0.3, 0.4) is 0 Å². The molecule has 0 aliphatic heterocycles. The highest BCUT2D eigenvalue weighted by atomic mass is 35.5. The number of hydrogen-bond acceptors (Lipinski definition) is 1. The monoisotopic (exact) mass is 230 g/mol. The number of carboxylic acids is 1. The van der Waals surface area contributed by atoms with Crippen molar-refractivity contribution in [1.29, 1.82) is 0 Å². The van der Waals surface area contributed by atoms with E-state index in [9.17, 15) is 22.4 Å². The first kappa shape index (κ1) is 11.0. The van der Waals surface area contributed by atoms with Crippen LogP contribution in [0.5, 0.6) is 0 Å². The van der Waals surface area contributed by atoms with Gasteiger partial charge in [0.1, 0.15) is 0 Å². The van der Waals surface area contributed by atoms with Gasteiger partial charge < -0.3 is 5.11 Å². The third-order valence-corrected chi connectivity index (χ3v) is 1.88. The maximum Gasteiger partial charge on any atom is 0.337 e. The predicted molar refractivity (Wildman–Crippen MR) is 39.5 cm³/mol. The van der Waals surface area contributed by atoms with Crippen molar-refractivity contribution in [3.05, 3.63) is 22.8 Å². The largest absolute Gasteiger partial charge is 0.478 e. The molecule has 7 heteroatoms. The Morgan fingerprint density at radius 1 is 1.21 bits per heavy atom. The van der Waals surface area contributed by atoms with E-state index in [1.54, 1.807) is 0 Å². The lowest BCUT2D eigenvalue weighted by molar-refractivity contribution is -0.150. The maximum atomic E-state index is 12.6. The average molecular weight is 231 g/mol. The fraction of sp³-hybridized carbons (Fsp3) is 0.286. The Bertz CT molecular complexity index is 346. The number of aliphatic carboxylic acids is 1. The molecule has 0 amide bonds. The van der Waals surface area contributed by atoms with Gasteiger partial charge in [-0.25, -0.2) is 4.79 Å². The minimum Gasteiger partial charge on any atom is -0.478 e. The molecule has 0 atom stereocenters. The molecule has 0 saturated heterocycles. The quantitative estimate of drug-likeness (QED) is 0.703. The molecule has 0 fully saturated rings. The summed E-state index contributed by atoms with van der Waals surface area (Å²) < 4.78 is 50.2. The maximum absolute atomic E-state index is 12.6. The van der Waals surface area contributed by atoms with Gasteiger partial charge in [-0.2, -0.15) is 17.6 Å². The summed E-state index contributed by atoms with van der Waals surface area (Å²) in [6.07, 6.45) is -0.615. The zero-order chi connectivity index (χ0) is 11.1. The molecule has 1 aliphatic carbocycles. The van der Waals surface area contributed by atoms with E-state index in [2.05, 4.69) is 0 Å². The fourth-order valence-corrected chi connectivity index (χ4v) is 1.12. The van der Waals surface area contributed by atoms with Crippen LogP contribution < -0.4 is 0 Å². The van der Waals surface area contributed by atoms with Crippen molar-refractivity contribution < 1.29 is 27.5 Å². The van der Waals surface area contributed by atoms with Crippen LogP contribution >= 0.6 is 11.6 Å². The van der Waals surface area contributed by atoms with Crippen molar-refractivity contribution in [3.8, 4) is 0 Å².